The summed E-state index contributed by atoms with van der Waals surface area (Å²) >= 11 is 1.78. The van der Waals surface area contributed by atoms with Crippen LogP contribution in [-0.2, 0) is 6.18 Å². The Morgan fingerprint density at radius 1 is 1.25 bits per heavy atom. The highest BCUT2D eigenvalue weighted by atomic mass is 32.2. The Morgan fingerprint density at radius 2 is 2.00 bits per heavy atom. The molecule has 0 unspecified atom stereocenters. The average molecular weight is 309 g/mol. The van der Waals surface area contributed by atoms with Gasteiger partial charge in [0.15, 0.2) is 5.69 Å². The third kappa shape index (κ3) is 5.83. The number of hydrogen-bond donors (Lipinski definition) is 3. The van der Waals surface area contributed by atoms with E-state index in [0.29, 0.717) is 6.54 Å². The highest BCUT2D eigenvalue weighted by Crippen LogP contribution is 2.29. The number of nitrogens with two attached hydrogens (primary N) is 1. The lowest BCUT2D eigenvalue weighted by atomic mass is 10.2. The SMILES string of the molecule is CSCCCCCNc1cc(C(F)(F)F)nc(NN)n1. The minimum Gasteiger partial charge on any atom is -0.370 e. The third-order valence-electron chi connectivity index (χ3n) is 2.48. The van der Waals surface area contributed by atoms with Crippen LogP contribution in [0.2, 0.25) is 0 Å². The van der Waals surface area contributed by atoms with Gasteiger partial charge in [-0.05, 0) is 24.9 Å². The second-order valence-corrected chi connectivity index (χ2v) is 5.07. The summed E-state index contributed by atoms with van der Waals surface area (Å²) in [5.74, 6) is 6.01. The summed E-state index contributed by atoms with van der Waals surface area (Å²) in [5.41, 5.74) is 1.01. The molecule has 0 atom stereocenters. The van der Waals surface area contributed by atoms with E-state index in [1.165, 1.54) is 0 Å². The maximum Gasteiger partial charge on any atom is 0.433 e. The van der Waals surface area contributed by atoms with Crippen LogP contribution in [0.25, 0.3) is 0 Å². The molecule has 20 heavy (non-hydrogen) atoms. The van der Waals surface area contributed by atoms with Gasteiger partial charge in [-0.15, -0.1) is 0 Å². The molecule has 0 spiro atoms. The number of hydrazine groups is 1. The van der Waals surface area contributed by atoms with E-state index in [0.717, 1.165) is 31.1 Å². The summed E-state index contributed by atoms with van der Waals surface area (Å²) in [7, 11) is 0. The molecule has 1 aromatic heterocycles. The number of anilines is 2. The summed E-state index contributed by atoms with van der Waals surface area (Å²) in [6, 6.07) is 0.878. The summed E-state index contributed by atoms with van der Waals surface area (Å²) < 4.78 is 37.9. The topological polar surface area (TPSA) is 75.9 Å². The van der Waals surface area contributed by atoms with E-state index in [2.05, 4.69) is 15.3 Å². The molecule has 0 saturated carbocycles. The van der Waals surface area contributed by atoms with Gasteiger partial charge in [-0.1, -0.05) is 6.42 Å². The molecule has 4 N–H and O–H groups in total. The zero-order valence-electron chi connectivity index (χ0n) is 11.1. The van der Waals surface area contributed by atoms with E-state index >= 15 is 0 Å². The molecule has 1 aromatic rings. The first-order chi connectivity index (χ1) is 9.47. The van der Waals surface area contributed by atoms with Crippen molar-refractivity contribution in [3.05, 3.63) is 11.8 Å². The second-order valence-electron chi connectivity index (χ2n) is 4.08. The average Bonchev–Trinajstić information content (AvgIpc) is 2.41. The van der Waals surface area contributed by atoms with Crippen LogP contribution in [0.5, 0.6) is 0 Å². The number of unbranched alkanes of at least 4 members (excludes halogenated alkanes) is 2. The maximum atomic E-state index is 12.6. The summed E-state index contributed by atoms with van der Waals surface area (Å²) in [6.07, 6.45) is 0.503. The van der Waals surface area contributed by atoms with Gasteiger partial charge in [0.1, 0.15) is 5.82 Å². The molecule has 0 aliphatic rings. The standard InChI is InChI=1S/C11H18F3N5S/c1-20-6-4-2-3-5-16-9-7-8(11(12,13)14)17-10(18-9)19-15/h7H,2-6,15H2,1H3,(H2,16,17,18,19). The van der Waals surface area contributed by atoms with Crippen molar-refractivity contribution in [2.75, 3.05) is 29.3 Å². The Hall–Kier alpha value is -1.22. The van der Waals surface area contributed by atoms with Crippen molar-refractivity contribution in [3.8, 4) is 0 Å². The second kappa shape index (κ2) is 8.15. The largest absolute Gasteiger partial charge is 0.433 e. The molecule has 0 aliphatic carbocycles. The fraction of sp³-hybridized carbons (Fsp3) is 0.636. The van der Waals surface area contributed by atoms with Crippen molar-refractivity contribution in [2.45, 2.75) is 25.4 Å². The van der Waals surface area contributed by atoms with Crippen LogP contribution in [-0.4, -0.2) is 28.5 Å². The lowest BCUT2D eigenvalue weighted by Crippen LogP contribution is -2.17. The Balaban J connectivity index is 2.56. The first-order valence-electron chi connectivity index (χ1n) is 6.13. The van der Waals surface area contributed by atoms with Gasteiger partial charge in [0, 0.05) is 12.6 Å². The molecular formula is C11H18F3N5S. The Kier molecular flexibility index (Phi) is 6.86. The van der Waals surface area contributed by atoms with Crippen molar-refractivity contribution in [1.82, 2.24) is 9.97 Å². The zero-order valence-corrected chi connectivity index (χ0v) is 11.9. The van der Waals surface area contributed by atoms with E-state index in [-0.39, 0.29) is 11.8 Å². The van der Waals surface area contributed by atoms with Crippen LogP contribution in [0.1, 0.15) is 25.0 Å². The van der Waals surface area contributed by atoms with Gasteiger partial charge in [-0.25, -0.2) is 10.8 Å². The Bertz CT molecular complexity index is 414. The number of aromatic nitrogens is 2. The van der Waals surface area contributed by atoms with E-state index < -0.39 is 11.9 Å². The van der Waals surface area contributed by atoms with Gasteiger partial charge >= 0.3 is 6.18 Å². The normalized spacial score (nSPS) is 11.4. The lowest BCUT2D eigenvalue weighted by Gasteiger charge is -2.11. The fourth-order valence-electron chi connectivity index (χ4n) is 1.51. The van der Waals surface area contributed by atoms with Gasteiger partial charge < -0.3 is 5.32 Å². The van der Waals surface area contributed by atoms with Gasteiger partial charge in [-0.2, -0.15) is 29.9 Å². The monoisotopic (exact) mass is 309 g/mol. The zero-order chi connectivity index (χ0) is 15.0. The highest BCUT2D eigenvalue weighted by Gasteiger charge is 2.33. The number of nitrogens with one attached hydrogen (secondary N) is 2. The van der Waals surface area contributed by atoms with Crippen LogP contribution < -0.4 is 16.6 Å². The minimum absolute atomic E-state index is 0.116. The summed E-state index contributed by atoms with van der Waals surface area (Å²) in [5, 5.41) is 2.86. The molecule has 114 valence electrons. The molecule has 0 fully saturated rings. The first kappa shape index (κ1) is 16.8. The van der Waals surface area contributed by atoms with Crippen LogP contribution in [0.15, 0.2) is 6.07 Å². The fourth-order valence-corrected chi connectivity index (χ4v) is 2.00. The number of alkyl halides is 3. The Morgan fingerprint density at radius 3 is 2.60 bits per heavy atom. The van der Waals surface area contributed by atoms with E-state index in [1.54, 1.807) is 11.8 Å². The minimum atomic E-state index is -4.52. The molecule has 9 heteroatoms. The number of nitrogens with zero attached hydrogens (tertiary/aromatic N) is 2. The summed E-state index contributed by atoms with van der Waals surface area (Å²) in [4.78, 5) is 7.11. The molecule has 0 saturated heterocycles. The number of rotatable bonds is 8. The van der Waals surface area contributed by atoms with Gasteiger partial charge in [0.05, 0.1) is 0 Å². The van der Waals surface area contributed by atoms with Crippen LogP contribution >= 0.6 is 11.8 Å². The van der Waals surface area contributed by atoms with Gasteiger partial charge in [0.25, 0.3) is 0 Å². The lowest BCUT2D eigenvalue weighted by molar-refractivity contribution is -0.141. The van der Waals surface area contributed by atoms with Crippen LogP contribution in [0.3, 0.4) is 0 Å². The molecule has 0 aliphatic heterocycles. The van der Waals surface area contributed by atoms with Gasteiger partial charge in [0.2, 0.25) is 5.95 Å². The smallest absolute Gasteiger partial charge is 0.370 e. The van der Waals surface area contributed by atoms with Crippen molar-refractivity contribution in [2.24, 2.45) is 5.84 Å². The van der Waals surface area contributed by atoms with E-state index in [4.69, 9.17) is 5.84 Å². The quantitative estimate of drug-likeness (QED) is 0.389. The highest BCUT2D eigenvalue weighted by molar-refractivity contribution is 7.98. The van der Waals surface area contributed by atoms with Crippen molar-refractivity contribution < 1.29 is 13.2 Å². The van der Waals surface area contributed by atoms with Crippen molar-refractivity contribution in [3.63, 3.8) is 0 Å². The van der Waals surface area contributed by atoms with E-state index in [1.807, 2.05) is 11.7 Å². The van der Waals surface area contributed by atoms with Gasteiger partial charge in [-0.3, -0.25) is 5.43 Å². The molecule has 0 radical (unpaired) electrons. The molecular weight excluding hydrogens is 291 g/mol. The molecule has 0 aromatic carbocycles. The van der Waals surface area contributed by atoms with Crippen LogP contribution in [0, 0.1) is 0 Å². The number of hydrogen-bond acceptors (Lipinski definition) is 6. The van der Waals surface area contributed by atoms with Crippen LogP contribution in [0.4, 0.5) is 24.9 Å². The first-order valence-corrected chi connectivity index (χ1v) is 7.52. The Labute approximate surface area is 119 Å². The van der Waals surface area contributed by atoms with E-state index in [9.17, 15) is 13.2 Å². The number of halogens is 3. The molecule has 0 bridgehead atoms. The maximum absolute atomic E-state index is 12.6. The third-order valence-corrected chi connectivity index (χ3v) is 3.17. The van der Waals surface area contributed by atoms with Crippen molar-refractivity contribution >= 4 is 23.5 Å². The number of thioether (sulfide) groups is 1. The predicted octanol–water partition coefficient (Wildman–Crippen LogP) is 2.73. The predicted molar refractivity (Wildman–Crippen MR) is 75.6 cm³/mol. The summed E-state index contributed by atoms with van der Waals surface area (Å²) in [6.45, 7) is 0.562. The van der Waals surface area contributed by atoms with Crippen molar-refractivity contribution in [1.29, 1.82) is 0 Å². The molecule has 0 amide bonds. The number of nitrogen functional groups attached to an aromatic ring is 1. The molecule has 5 nitrogen and oxygen atoms in total. The molecule has 1 rings (SSSR count). The molecule has 1 heterocycles.